The van der Waals surface area contributed by atoms with Gasteiger partial charge >= 0.3 is 0 Å². The number of hydrogen-bond donors (Lipinski definition) is 3. The second-order valence-corrected chi connectivity index (χ2v) is 15.9. The largest absolute Gasteiger partial charge is 0.463 e. The number of amides is 2. The second-order valence-electron chi connectivity index (χ2n) is 15.9. The first kappa shape index (κ1) is 40.1. The van der Waals surface area contributed by atoms with Crippen molar-refractivity contribution in [1.29, 1.82) is 0 Å². The number of aromatic nitrogens is 2. The maximum Gasteiger partial charge on any atom is 0.256 e. The summed E-state index contributed by atoms with van der Waals surface area (Å²) in [5.41, 5.74) is 7.72. The third-order valence-corrected chi connectivity index (χ3v) is 11.4. The number of piperazine rings is 1. The first-order valence-corrected chi connectivity index (χ1v) is 20.7. The molecule has 4 aromatic heterocycles. The number of carbonyl (C=O) groups is 2. The van der Waals surface area contributed by atoms with Gasteiger partial charge in [0.25, 0.3) is 11.8 Å². The number of para-hydroxylation sites is 1. The summed E-state index contributed by atoms with van der Waals surface area (Å²) in [6, 6.07) is 39.4. The number of benzene rings is 4. The van der Waals surface area contributed by atoms with Gasteiger partial charge in [-0.1, -0.05) is 42.5 Å². The molecule has 8 aromatic rings. The van der Waals surface area contributed by atoms with Gasteiger partial charge in [0.05, 0.1) is 41.1 Å². The number of rotatable bonds is 12. The number of aliphatic hydroxyl groups excluding tert-OH is 1. The quantitative estimate of drug-likeness (QED) is 0.110. The van der Waals surface area contributed by atoms with Crippen LogP contribution in [0.15, 0.2) is 142 Å². The van der Waals surface area contributed by atoms with Crippen LogP contribution in [0.5, 0.6) is 0 Å². The van der Waals surface area contributed by atoms with Gasteiger partial charge in [0.1, 0.15) is 17.1 Å². The molecule has 1 fully saturated rings. The minimum Gasteiger partial charge on any atom is -0.463 e. The molecule has 0 radical (unpaired) electrons. The van der Waals surface area contributed by atoms with Crippen LogP contribution in [0.1, 0.15) is 26.3 Å². The predicted octanol–water partition coefficient (Wildman–Crippen LogP) is 8.37. The third-order valence-electron chi connectivity index (χ3n) is 11.4. The van der Waals surface area contributed by atoms with Gasteiger partial charge in [0.15, 0.2) is 11.5 Å². The van der Waals surface area contributed by atoms with Gasteiger partial charge in [-0.05, 0) is 104 Å². The molecule has 3 N–H and O–H groups in total. The molecule has 1 unspecified atom stereocenters. The predicted molar refractivity (Wildman–Crippen MR) is 245 cm³/mol. The maximum absolute atomic E-state index is 14.0. The standard InChI is InChI=1S/C50H47N7O5/c1-55(2)36-15-10-32(11-16-36)27-35(31-58)52-50(60)40-30-45(53-42-8-5-4-7-38(40)42)48-21-20-46(62-48)33-12-19-39-41(29-44(54-43(39)28-33)47-9-6-26-61-47)49(59)51-34-13-17-37(18-14-34)57-24-22-56(3)23-25-57/h4-21,26,28-30,35,58H,22-25,27,31H2,1-3H3,(H,51,59)(H,52,60). The van der Waals surface area contributed by atoms with E-state index in [1.54, 1.807) is 24.5 Å². The SMILES string of the molecule is CN1CCN(c2ccc(NC(=O)c3cc(-c4ccco4)nc4cc(-c5ccc(-c6cc(C(=O)NC(CO)Cc7ccc(N(C)C)cc7)c7ccccc7n6)o5)ccc34)cc2)CC1. The Morgan fingerprint density at radius 2 is 1.42 bits per heavy atom. The number of pyridine rings is 2. The van der Waals surface area contributed by atoms with Gasteiger partial charge in [-0.3, -0.25) is 9.59 Å². The van der Waals surface area contributed by atoms with Crippen molar-refractivity contribution in [1.82, 2.24) is 20.2 Å². The zero-order valence-electron chi connectivity index (χ0n) is 34.8. The van der Waals surface area contributed by atoms with E-state index < -0.39 is 6.04 Å². The number of nitrogens with zero attached hydrogens (tertiary/aromatic N) is 5. The van der Waals surface area contributed by atoms with E-state index in [0.29, 0.717) is 73.7 Å². The summed E-state index contributed by atoms with van der Waals surface area (Å²) in [6.07, 6.45) is 2.05. The molecule has 62 heavy (non-hydrogen) atoms. The van der Waals surface area contributed by atoms with Crippen molar-refractivity contribution in [2.45, 2.75) is 12.5 Å². The van der Waals surface area contributed by atoms with E-state index in [1.807, 2.05) is 128 Å². The summed E-state index contributed by atoms with van der Waals surface area (Å²) in [6.45, 7) is 3.73. The first-order chi connectivity index (χ1) is 30.2. The molecule has 0 spiro atoms. The highest BCUT2D eigenvalue weighted by Gasteiger charge is 2.21. The summed E-state index contributed by atoms with van der Waals surface area (Å²) in [5, 5.41) is 17.8. The molecule has 1 atom stereocenters. The molecule has 312 valence electrons. The Balaban J connectivity index is 0.983. The molecule has 0 saturated carbocycles. The fraction of sp³-hybridized carbons (Fsp3) is 0.200. The molecule has 1 aliphatic rings. The highest BCUT2D eigenvalue weighted by atomic mass is 16.3. The number of fused-ring (bicyclic) bond motifs is 2. The molecule has 12 heteroatoms. The Morgan fingerprint density at radius 3 is 2.15 bits per heavy atom. The Bertz CT molecular complexity index is 2860. The van der Waals surface area contributed by atoms with Crippen molar-refractivity contribution in [2.24, 2.45) is 0 Å². The molecule has 2 amide bonds. The number of likely N-dealkylation sites (N-methyl/N-ethyl adjacent to an activating group) is 1. The first-order valence-electron chi connectivity index (χ1n) is 20.7. The molecule has 4 aromatic carbocycles. The minimum atomic E-state index is -0.501. The Morgan fingerprint density at radius 1 is 0.726 bits per heavy atom. The summed E-state index contributed by atoms with van der Waals surface area (Å²) in [5.74, 6) is 0.970. The summed E-state index contributed by atoms with van der Waals surface area (Å²) in [7, 11) is 6.10. The number of aliphatic hydroxyl groups is 1. The van der Waals surface area contributed by atoms with Crippen LogP contribution in [-0.4, -0.2) is 91.8 Å². The van der Waals surface area contributed by atoms with Gasteiger partial charge < -0.3 is 39.3 Å². The topological polar surface area (TPSA) is 140 Å². The van der Waals surface area contributed by atoms with Crippen molar-refractivity contribution >= 4 is 50.7 Å². The van der Waals surface area contributed by atoms with E-state index in [1.165, 1.54) is 0 Å². The lowest BCUT2D eigenvalue weighted by molar-refractivity contribution is 0.0917. The van der Waals surface area contributed by atoms with Crippen LogP contribution in [0.25, 0.3) is 56.0 Å². The van der Waals surface area contributed by atoms with E-state index in [0.717, 1.165) is 48.7 Å². The average Bonchev–Trinajstić information content (AvgIpc) is 4.03. The molecule has 0 aliphatic carbocycles. The van der Waals surface area contributed by atoms with Crippen molar-refractivity contribution in [3.63, 3.8) is 0 Å². The molecule has 1 saturated heterocycles. The van der Waals surface area contributed by atoms with Crippen LogP contribution in [0.2, 0.25) is 0 Å². The van der Waals surface area contributed by atoms with Crippen LogP contribution in [-0.2, 0) is 6.42 Å². The minimum absolute atomic E-state index is 0.223. The van der Waals surface area contributed by atoms with Crippen LogP contribution in [0, 0.1) is 0 Å². The van der Waals surface area contributed by atoms with Gasteiger partial charge in [0, 0.05) is 73.7 Å². The van der Waals surface area contributed by atoms with Gasteiger partial charge in [-0.2, -0.15) is 0 Å². The Kier molecular flexibility index (Phi) is 11.2. The molecule has 12 nitrogen and oxygen atoms in total. The fourth-order valence-corrected chi connectivity index (χ4v) is 7.90. The smallest absolute Gasteiger partial charge is 0.256 e. The summed E-state index contributed by atoms with van der Waals surface area (Å²) >= 11 is 0. The van der Waals surface area contributed by atoms with E-state index in [-0.39, 0.29) is 18.4 Å². The van der Waals surface area contributed by atoms with Crippen LogP contribution < -0.4 is 20.4 Å². The molecule has 1 aliphatic heterocycles. The summed E-state index contributed by atoms with van der Waals surface area (Å²) in [4.78, 5) is 44.4. The third kappa shape index (κ3) is 8.51. The zero-order valence-corrected chi connectivity index (χ0v) is 34.8. The van der Waals surface area contributed by atoms with E-state index in [2.05, 4.69) is 27.5 Å². The van der Waals surface area contributed by atoms with Gasteiger partial charge in [-0.25, -0.2) is 9.97 Å². The van der Waals surface area contributed by atoms with Crippen molar-refractivity contribution < 1.29 is 23.5 Å². The van der Waals surface area contributed by atoms with Gasteiger partial charge in [0.2, 0.25) is 0 Å². The lowest BCUT2D eigenvalue weighted by Crippen LogP contribution is -2.44. The Hall–Kier alpha value is -7.28. The molecular weight excluding hydrogens is 779 g/mol. The van der Waals surface area contributed by atoms with E-state index >= 15 is 0 Å². The zero-order chi connectivity index (χ0) is 42.7. The van der Waals surface area contributed by atoms with Crippen LogP contribution in [0.3, 0.4) is 0 Å². The second kappa shape index (κ2) is 17.4. The van der Waals surface area contributed by atoms with Gasteiger partial charge in [-0.15, -0.1) is 0 Å². The average molecular weight is 826 g/mol. The normalized spacial score (nSPS) is 13.6. The monoisotopic (exact) mass is 825 g/mol. The molecular formula is C50H47N7O5. The number of furan rings is 2. The van der Waals surface area contributed by atoms with Crippen LogP contribution >= 0.6 is 0 Å². The maximum atomic E-state index is 14.0. The number of nitrogens with one attached hydrogen (secondary N) is 2. The van der Waals surface area contributed by atoms with Crippen molar-refractivity contribution in [2.75, 3.05) is 69.0 Å². The van der Waals surface area contributed by atoms with E-state index in [9.17, 15) is 14.7 Å². The summed E-state index contributed by atoms with van der Waals surface area (Å²) < 4.78 is 12.2. The number of anilines is 3. The molecule has 0 bridgehead atoms. The molecule has 9 rings (SSSR count). The fourth-order valence-electron chi connectivity index (χ4n) is 7.90. The van der Waals surface area contributed by atoms with Crippen molar-refractivity contribution in [3.8, 4) is 34.2 Å². The number of hydrogen-bond acceptors (Lipinski definition) is 10. The molecule has 5 heterocycles. The van der Waals surface area contributed by atoms with Crippen LogP contribution in [0.4, 0.5) is 17.1 Å². The highest BCUT2D eigenvalue weighted by molar-refractivity contribution is 6.13. The Labute approximate surface area is 359 Å². The van der Waals surface area contributed by atoms with E-state index in [4.69, 9.17) is 18.8 Å². The lowest BCUT2D eigenvalue weighted by atomic mass is 10.0. The highest BCUT2D eigenvalue weighted by Crippen LogP contribution is 2.34. The number of carbonyl (C=O) groups excluding carboxylic acids is 2. The van der Waals surface area contributed by atoms with Crippen molar-refractivity contribution in [3.05, 3.63) is 150 Å². The lowest BCUT2D eigenvalue weighted by Gasteiger charge is -2.34.